The van der Waals surface area contributed by atoms with Gasteiger partial charge in [0.05, 0.1) is 19.8 Å². The van der Waals surface area contributed by atoms with Gasteiger partial charge >= 0.3 is 0 Å². The quantitative estimate of drug-likeness (QED) is 0.348. The Morgan fingerprint density at radius 1 is 1.16 bits per heavy atom. The number of hydrogen-bond donors (Lipinski definition) is 2. The number of halogens is 1. The van der Waals surface area contributed by atoms with Crippen LogP contribution in [0.5, 0.6) is 11.5 Å². The monoisotopic (exact) mass is 461 g/mol. The summed E-state index contributed by atoms with van der Waals surface area (Å²) in [7, 11) is 1.69. The van der Waals surface area contributed by atoms with Crippen molar-refractivity contribution in [2.24, 2.45) is 4.99 Å². The van der Waals surface area contributed by atoms with Gasteiger partial charge in [-0.15, -0.1) is 24.0 Å². The number of methoxy groups -OCH3 is 1. The first-order valence-corrected chi connectivity index (χ1v) is 9.12. The number of rotatable bonds is 8. The van der Waals surface area contributed by atoms with Crippen molar-refractivity contribution in [3.63, 3.8) is 0 Å². The molecule has 0 heterocycles. The van der Waals surface area contributed by atoms with Crippen LogP contribution in [0.4, 0.5) is 0 Å². The highest BCUT2D eigenvalue weighted by Gasteiger charge is 2.18. The second-order valence-electron chi connectivity index (χ2n) is 6.13. The van der Waals surface area contributed by atoms with Gasteiger partial charge in [0.2, 0.25) is 0 Å². The third-order valence-corrected chi connectivity index (χ3v) is 4.13. The van der Waals surface area contributed by atoms with Gasteiger partial charge in [-0.05, 0) is 56.7 Å². The molecule has 5 nitrogen and oxygen atoms in total. The summed E-state index contributed by atoms with van der Waals surface area (Å²) in [6, 6.07) is 6.08. The third kappa shape index (κ3) is 7.30. The topological polar surface area (TPSA) is 54.9 Å². The minimum absolute atomic E-state index is 0. The molecule has 0 atom stereocenters. The fourth-order valence-corrected chi connectivity index (χ4v) is 2.85. The maximum Gasteiger partial charge on any atom is 0.191 e. The highest BCUT2D eigenvalue weighted by molar-refractivity contribution is 14.0. The zero-order valence-corrected chi connectivity index (χ0v) is 18.0. The molecule has 0 aromatic heterocycles. The molecule has 142 valence electrons. The number of nitrogens with zero attached hydrogens (tertiary/aromatic N) is 1. The minimum Gasteiger partial charge on any atom is -0.493 e. The SMILES string of the molecule is CCCNC(=NCc1ccc(OC)c(OC2CCCC2)c1)NCC.I. The van der Waals surface area contributed by atoms with Crippen molar-refractivity contribution in [1.82, 2.24) is 10.6 Å². The van der Waals surface area contributed by atoms with Crippen molar-refractivity contribution >= 4 is 29.9 Å². The summed E-state index contributed by atoms with van der Waals surface area (Å²) < 4.78 is 11.6. The summed E-state index contributed by atoms with van der Waals surface area (Å²) in [6.45, 7) is 6.61. The lowest BCUT2D eigenvalue weighted by molar-refractivity contribution is 0.200. The van der Waals surface area contributed by atoms with Crippen LogP contribution in [0, 0.1) is 0 Å². The van der Waals surface area contributed by atoms with Crippen LogP contribution in [-0.2, 0) is 6.54 Å². The summed E-state index contributed by atoms with van der Waals surface area (Å²) in [6.07, 6.45) is 6.18. The molecule has 2 N–H and O–H groups in total. The zero-order chi connectivity index (χ0) is 17.2. The van der Waals surface area contributed by atoms with Crippen LogP contribution < -0.4 is 20.1 Å². The van der Waals surface area contributed by atoms with Crippen molar-refractivity contribution in [2.75, 3.05) is 20.2 Å². The first-order chi connectivity index (χ1) is 11.8. The lowest BCUT2D eigenvalue weighted by Crippen LogP contribution is -2.37. The molecular weight excluding hydrogens is 429 g/mol. The average molecular weight is 461 g/mol. The Labute approximate surface area is 169 Å². The van der Waals surface area contributed by atoms with E-state index in [0.29, 0.717) is 12.6 Å². The molecule has 1 saturated carbocycles. The van der Waals surface area contributed by atoms with Crippen molar-refractivity contribution < 1.29 is 9.47 Å². The molecule has 0 spiro atoms. The van der Waals surface area contributed by atoms with Gasteiger partial charge in [0.15, 0.2) is 17.5 Å². The Kier molecular flexibility index (Phi) is 10.7. The van der Waals surface area contributed by atoms with Crippen LogP contribution in [0.3, 0.4) is 0 Å². The summed E-state index contributed by atoms with van der Waals surface area (Å²) in [4.78, 5) is 4.65. The smallest absolute Gasteiger partial charge is 0.191 e. The molecule has 1 aliphatic rings. The molecule has 1 fully saturated rings. The Hall–Kier alpha value is -1.18. The van der Waals surface area contributed by atoms with E-state index in [1.807, 2.05) is 12.1 Å². The Morgan fingerprint density at radius 2 is 1.92 bits per heavy atom. The molecule has 0 unspecified atom stereocenters. The molecule has 0 bridgehead atoms. The molecule has 0 amide bonds. The van der Waals surface area contributed by atoms with Gasteiger partial charge in [0.1, 0.15) is 0 Å². The standard InChI is InChI=1S/C19H31N3O2.HI/c1-4-12-21-19(20-5-2)22-14-15-10-11-17(23-3)18(13-15)24-16-8-6-7-9-16;/h10-11,13,16H,4-9,12,14H2,1-3H3,(H2,20,21,22);1H. The summed E-state index contributed by atoms with van der Waals surface area (Å²) in [5, 5.41) is 6.59. The van der Waals surface area contributed by atoms with Gasteiger partial charge < -0.3 is 20.1 Å². The predicted molar refractivity (Wildman–Crippen MR) is 114 cm³/mol. The van der Waals surface area contributed by atoms with E-state index < -0.39 is 0 Å². The fourth-order valence-electron chi connectivity index (χ4n) is 2.85. The maximum absolute atomic E-state index is 6.15. The van der Waals surface area contributed by atoms with Gasteiger partial charge in [0.25, 0.3) is 0 Å². The molecule has 25 heavy (non-hydrogen) atoms. The van der Waals surface area contributed by atoms with Crippen LogP contribution in [0.25, 0.3) is 0 Å². The summed E-state index contributed by atoms with van der Waals surface area (Å²) >= 11 is 0. The number of aliphatic imine (C=N–C) groups is 1. The van der Waals surface area contributed by atoms with Crippen molar-refractivity contribution in [2.45, 2.75) is 58.6 Å². The van der Waals surface area contributed by atoms with Crippen molar-refractivity contribution in [3.8, 4) is 11.5 Å². The van der Waals surface area contributed by atoms with E-state index in [0.717, 1.165) is 55.4 Å². The molecule has 6 heteroatoms. The van der Waals surface area contributed by atoms with Crippen LogP contribution in [0.15, 0.2) is 23.2 Å². The molecule has 2 rings (SSSR count). The van der Waals surface area contributed by atoms with Crippen LogP contribution in [0.2, 0.25) is 0 Å². The fraction of sp³-hybridized carbons (Fsp3) is 0.632. The van der Waals surface area contributed by atoms with Gasteiger partial charge in [-0.2, -0.15) is 0 Å². The van der Waals surface area contributed by atoms with Crippen molar-refractivity contribution in [1.29, 1.82) is 0 Å². The number of guanidine groups is 1. The first kappa shape index (κ1) is 21.9. The Balaban J connectivity index is 0.00000312. The zero-order valence-electron chi connectivity index (χ0n) is 15.6. The molecule has 1 aliphatic carbocycles. The second-order valence-corrected chi connectivity index (χ2v) is 6.13. The number of nitrogens with one attached hydrogen (secondary N) is 2. The van der Waals surface area contributed by atoms with Gasteiger partial charge in [0, 0.05) is 13.1 Å². The van der Waals surface area contributed by atoms with Crippen LogP contribution in [0.1, 0.15) is 51.5 Å². The summed E-state index contributed by atoms with van der Waals surface area (Å²) in [5.41, 5.74) is 1.12. The van der Waals surface area contributed by atoms with E-state index >= 15 is 0 Å². The van der Waals surface area contributed by atoms with Gasteiger partial charge in [-0.25, -0.2) is 4.99 Å². The van der Waals surface area contributed by atoms with E-state index in [1.165, 1.54) is 12.8 Å². The van der Waals surface area contributed by atoms with Crippen LogP contribution >= 0.6 is 24.0 Å². The third-order valence-electron chi connectivity index (χ3n) is 4.13. The van der Waals surface area contributed by atoms with Crippen molar-refractivity contribution in [3.05, 3.63) is 23.8 Å². The molecule has 0 aliphatic heterocycles. The number of benzene rings is 1. The highest BCUT2D eigenvalue weighted by Crippen LogP contribution is 2.32. The Morgan fingerprint density at radius 3 is 2.56 bits per heavy atom. The van der Waals surface area contributed by atoms with E-state index in [4.69, 9.17) is 9.47 Å². The highest BCUT2D eigenvalue weighted by atomic mass is 127. The lowest BCUT2D eigenvalue weighted by atomic mass is 10.2. The summed E-state index contributed by atoms with van der Waals surface area (Å²) in [5.74, 6) is 2.49. The first-order valence-electron chi connectivity index (χ1n) is 9.12. The largest absolute Gasteiger partial charge is 0.493 e. The van der Waals surface area contributed by atoms with Crippen LogP contribution in [-0.4, -0.2) is 32.3 Å². The van der Waals surface area contributed by atoms with E-state index in [9.17, 15) is 0 Å². The molecule has 1 aromatic rings. The second kappa shape index (κ2) is 12.2. The van der Waals surface area contributed by atoms with Gasteiger partial charge in [-0.3, -0.25) is 0 Å². The van der Waals surface area contributed by atoms with E-state index in [-0.39, 0.29) is 24.0 Å². The predicted octanol–water partition coefficient (Wildman–Crippen LogP) is 4.10. The Bertz CT molecular complexity index is 531. The molecule has 1 aromatic carbocycles. The number of ether oxygens (including phenoxy) is 2. The molecule has 0 radical (unpaired) electrons. The normalized spacial score (nSPS) is 14.8. The maximum atomic E-state index is 6.15. The van der Waals surface area contributed by atoms with E-state index in [1.54, 1.807) is 7.11 Å². The number of hydrogen-bond acceptors (Lipinski definition) is 3. The lowest BCUT2D eigenvalue weighted by Gasteiger charge is -2.17. The minimum atomic E-state index is 0. The molecule has 0 saturated heterocycles. The van der Waals surface area contributed by atoms with E-state index in [2.05, 4.69) is 35.5 Å². The molecular formula is C19H32IN3O2. The average Bonchev–Trinajstić information content (AvgIpc) is 3.10. The van der Waals surface area contributed by atoms with Gasteiger partial charge in [-0.1, -0.05) is 13.0 Å².